The number of rotatable bonds is 4. The second-order valence-electron chi connectivity index (χ2n) is 7.33. The molecule has 148 valence electrons. The zero-order chi connectivity index (χ0) is 19.4. The van der Waals surface area contributed by atoms with E-state index in [9.17, 15) is 14.0 Å². The highest BCUT2D eigenvalue weighted by Gasteiger charge is 2.33. The first kappa shape index (κ1) is 19.4. The fourth-order valence-electron chi connectivity index (χ4n) is 4.01. The van der Waals surface area contributed by atoms with Gasteiger partial charge in [0.15, 0.2) is 0 Å². The van der Waals surface area contributed by atoms with Crippen molar-refractivity contribution in [1.82, 2.24) is 9.80 Å². The Bertz CT molecular complexity index is 692. The summed E-state index contributed by atoms with van der Waals surface area (Å²) in [4.78, 5) is 28.9. The summed E-state index contributed by atoms with van der Waals surface area (Å²) in [7, 11) is 1.59. The average Bonchev–Trinajstić information content (AvgIpc) is 2.68. The average molecular weight is 379 g/mol. The summed E-state index contributed by atoms with van der Waals surface area (Å²) in [6.45, 7) is 4.66. The predicted octanol–water partition coefficient (Wildman–Crippen LogP) is -0.148. The lowest BCUT2D eigenvalue weighted by Crippen LogP contribution is -3.13. The maximum Gasteiger partial charge on any atom is 0.314 e. The van der Waals surface area contributed by atoms with E-state index in [4.69, 9.17) is 10.5 Å². The molecule has 0 aliphatic carbocycles. The van der Waals surface area contributed by atoms with Gasteiger partial charge in [0.1, 0.15) is 18.1 Å². The van der Waals surface area contributed by atoms with Crippen LogP contribution in [0.1, 0.15) is 18.4 Å². The van der Waals surface area contributed by atoms with Gasteiger partial charge in [-0.05, 0) is 31.0 Å². The molecule has 2 heterocycles. The molecule has 2 aliphatic rings. The van der Waals surface area contributed by atoms with Crippen molar-refractivity contribution in [3.63, 3.8) is 0 Å². The Morgan fingerprint density at radius 1 is 1.26 bits per heavy atom. The SMILES string of the molecule is COc1ccc(F)cc1C[NH+]1CCN(C(=O)[C@H]2CCCN(C(N)=O)C2)CC1. The fourth-order valence-corrected chi connectivity index (χ4v) is 4.01. The van der Waals surface area contributed by atoms with Gasteiger partial charge in [-0.3, -0.25) is 4.79 Å². The Hall–Kier alpha value is -2.35. The summed E-state index contributed by atoms with van der Waals surface area (Å²) in [6, 6.07) is 4.11. The number of nitrogens with two attached hydrogens (primary N) is 1. The first-order chi connectivity index (χ1) is 13.0. The van der Waals surface area contributed by atoms with Crippen LogP contribution in [-0.4, -0.2) is 68.1 Å². The largest absolute Gasteiger partial charge is 0.496 e. The monoisotopic (exact) mass is 379 g/mol. The van der Waals surface area contributed by atoms with Crippen LogP contribution >= 0.6 is 0 Å². The number of nitrogens with zero attached hydrogens (tertiary/aromatic N) is 2. The minimum Gasteiger partial charge on any atom is -0.496 e. The number of hydrogen-bond acceptors (Lipinski definition) is 3. The van der Waals surface area contributed by atoms with E-state index in [-0.39, 0.29) is 17.6 Å². The molecule has 0 bridgehead atoms. The van der Waals surface area contributed by atoms with Gasteiger partial charge in [-0.25, -0.2) is 9.18 Å². The molecule has 2 saturated heterocycles. The van der Waals surface area contributed by atoms with Gasteiger partial charge in [0.2, 0.25) is 5.91 Å². The molecule has 2 fully saturated rings. The van der Waals surface area contributed by atoms with Crippen LogP contribution in [0.4, 0.5) is 9.18 Å². The molecular formula is C19H28FN4O3+. The van der Waals surface area contributed by atoms with Crippen LogP contribution < -0.4 is 15.4 Å². The van der Waals surface area contributed by atoms with Crippen LogP contribution in [0.3, 0.4) is 0 Å². The van der Waals surface area contributed by atoms with Gasteiger partial charge in [0, 0.05) is 13.1 Å². The van der Waals surface area contributed by atoms with Gasteiger partial charge in [-0.1, -0.05) is 0 Å². The number of piperazine rings is 1. The molecule has 8 heteroatoms. The van der Waals surface area contributed by atoms with Crippen molar-refractivity contribution in [3.8, 4) is 5.75 Å². The van der Waals surface area contributed by atoms with Crippen molar-refractivity contribution >= 4 is 11.9 Å². The van der Waals surface area contributed by atoms with Crippen molar-refractivity contribution in [3.05, 3.63) is 29.6 Å². The summed E-state index contributed by atoms with van der Waals surface area (Å²) >= 11 is 0. The quantitative estimate of drug-likeness (QED) is 0.764. The minimum absolute atomic E-state index is 0.114. The Balaban J connectivity index is 1.53. The van der Waals surface area contributed by atoms with Crippen LogP contribution in [0.15, 0.2) is 18.2 Å². The summed E-state index contributed by atoms with van der Waals surface area (Å²) in [6.07, 6.45) is 1.61. The number of ether oxygens (including phenoxy) is 1. The van der Waals surface area contributed by atoms with E-state index in [0.717, 1.165) is 31.5 Å². The number of methoxy groups -OCH3 is 1. The molecular weight excluding hydrogens is 351 g/mol. The normalized spacial score (nSPS) is 21.2. The number of piperidine rings is 1. The summed E-state index contributed by atoms with van der Waals surface area (Å²) in [5.41, 5.74) is 6.20. The van der Waals surface area contributed by atoms with Crippen LogP contribution in [0.5, 0.6) is 5.75 Å². The molecule has 1 atom stereocenters. The first-order valence-electron chi connectivity index (χ1n) is 9.47. The molecule has 0 unspecified atom stereocenters. The first-order valence-corrected chi connectivity index (χ1v) is 9.47. The molecule has 27 heavy (non-hydrogen) atoms. The molecule has 3 amide bonds. The third-order valence-corrected chi connectivity index (χ3v) is 5.55. The lowest BCUT2D eigenvalue weighted by molar-refractivity contribution is -0.917. The third kappa shape index (κ3) is 4.68. The van der Waals surface area contributed by atoms with E-state index >= 15 is 0 Å². The highest BCUT2D eigenvalue weighted by Crippen LogP contribution is 2.20. The summed E-state index contributed by atoms with van der Waals surface area (Å²) < 4.78 is 18.9. The summed E-state index contributed by atoms with van der Waals surface area (Å²) in [5.74, 6) is 0.380. The van der Waals surface area contributed by atoms with Crippen molar-refractivity contribution in [2.75, 3.05) is 46.4 Å². The van der Waals surface area contributed by atoms with Crippen LogP contribution in [0.2, 0.25) is 0 Å². The minimum atomic E-state index is -0.453. The number of hydrogen-bond donors (Lipinski definition) is 2. The van der Waals surface area contributed by atoms with Gasteiger partial charge >= 0.3 is 6.03 Å². The van der Waals surface area contributed by atoms with E-state index in [1.54, 1.807) is 18.1 Å². The van der Waals surface area contributed by atoms with E-state index in [1.165, 1.54) is 17.0 Å². The molecule has 7 nitrogen and oxygen atoms in total. The number of nitrogens with one attached hydrogen (secondary N) is 1. The Morgan fingerprint density at radius 2 is 2.00 bits per heavy atom. The number of amides is 3. The molecule has 1 aromatic rings. The molecule has 3 N–H and O–H groups in total. The van der Waals surface area contributed by atoms with E-state index in [0.29, 0.717) is 38.5 Å². The van der Waals surface area contributed by atoms with E-state index in [1.807, 2.05) is 4.90 Å². The number of carbonyl (C=O) groups excluding carboxylic acids is 2. The van der Waals surface area contributed by atoms with Crippen LogP contribution in [0, 0.1) is 11.7 Å². The Labute approximate surface area is 158 Å². The molecule has 1 aromatic carbocycles. The van der Waals surface area contributed by atoms with Gasteiger partial charge < -0.3 is 25.2 Å². The maximum absolute atomic E-state index is 13.5. The predicted molar refractivity (Wildman–Crippen MR) is 97.8 cm³/mol. The van der Waals surface area contributed by atoms with Crippen LogP contribution in [-0.2, 0) is 11.3 Å². The van der Waals surface area contributed by atoms with Crippen molar-refractivity contribution < 1.29 is 23.6 Å². The zero-order valence-electron chi connectivity index (χ0n) is 15.7. The van der Waals surface area contributed by atoms with Crippen molar-refractivity contribution in [2.24, 2.45) is 11.7 Å². The summed E-state index contributed by atoms with van der Waals surface area (Å²) in [5, 5.41) is 0. The van der Waals surface area contributed by atoms with Crippen molar-refractivity contribution in [2.45, 2.75) is 19.4 Å². The lowest BCUT2D eigenvalue weighted by Gasteiger charge is -2.37. The molecule has 0 saturated carbocycles. The van der Waals surface area contributed by atoms with Gasteiger partial charge in [0.25, 0.3) is 0 Å². The molecule has 0 radical (unpaired) electrons. The molecule has 0 aromatic heterocycles. The third-order valence-electron chi connectivity index (χ3n) is 5.55. The van der Waals surface area contributed by atoms with Crippen LogP contribution in [0.25, 0.3) is 0 Å². The topological polar surface area (TPSA) is 80.3 Å². The van der Waals surface area contributed by atoms with Gasteiger partial charge in [-0.15, -0.1) is 0 Å². The lowest BCUT2D eigenvalue weighted by atomic mass is 9.96. The maximum atomic E-state index is 13.5. The van der Waals surface area contributed by atoms with Gasteiger partial charge in [0.05, 0.1) is 44.8 Å². The Kier molecular flexibility index (Phi) is 6.15. The number of carbonyl (C=O) groups is 2. The number of halogens is 1. The number of urea groups is 1. The number of primary amides is 1. The van der Waals surface area contributed by atoms with Gasteiger partial charge in [-0.2, -0.15) is 0 Å². The number of quaternary nitrogens is 1. The molecule has 0 spiro atoms. The highest BCUT2D eigenvalue weighted by molar-refractivity contribution is 5.80. The zero-order valence-corrected chi connectivity index (χ0v) is 15.7. The number of benzene rings is 1. The molecule has 3 rings (SSSR count). The fraction of sp³-hybridized carbons (Fsp3) is 0.579. The standard InChI is InChI=1S/C19H27FN4O3/c1-27-17-5-4-16(20)11-15(17)12-22-7-9-23(10-8-22)18(25)14-3-2-6-24(13-14)19(21)26/h4-5,11,14H,2-3,6-10,12-13H2,1H3,(H2,21,26)/p+1/t14-/m0/s1. The number of likely N-dealkylation sites (tertiary alicyclic amines) is 1. The van der Waals surface area contributed by atoms with E-state index < -0.39 is 6.03 Å². The molecule has 2 aliphatic heterocycles. The second-order valence-corrected chi connectivity index (χ2v) is 7.33. The van der Waals surface area contributed by atoms with Crippen molar-refractivity contribution in [1.29, 1.82) is 0 Å². The highest BCUT2D eigenvalue weighted by atomic mass is 19.1. The Morgan fingerprint density at radius 3 is 2.67 bits per heavy atom. The second kappa shape index (κ2) is 8.56. The van der Waals surface area contributed by atoms with E-state index in [2.05, 4.69) is 0 Å². The smallest absolute Gasteiger partial charge is 0.314 e.